The van der Waals surface area contributed by atoms with Gasteiger partial charge in [0, 0.05) is 38.3 Å². The van der Waals surface area contributed by atoms with E-state index < -0.39 is 0 Å². The first kappa shape index (κ1) is 14.3. The number of aliphatic hydroxyl groups is 1. The Labute approximate surface area is 116 Å². The zero-order valence-electron chi connectivity index (χ0n) is 10.9. The van der Waals surface area contributed by atoms with Gasteiger partial charge in [0.1, 0.15) is 0 Å². The van der Waals surface area contributed by atoms with E-state index in [1.165, 1.54) is 0 Å². The maximum atomic E-state index is 12.2. The van der Waals surface area contributed by atoms with Crippen LogP contribution in [0.2, 0.25) is 5.22 Å². The molecule has 1 aromatic rings. The predicted octanol–water partition coefficient (Wildman–Crippen LogP) is 0.315. The molecule has 0 saturated carbocycles. The molecule has 0 unspecified atom stereocenters. The van der Waals surface area contributed by atoms with E-state index in [1.807, 2.05) is 4.90 Å². The van der Waals surface area contributed by atoms with E-state index in [2.05, 4.69) is 10.1 Å². The van der Waals surface area contributed by atoms with Crippen LogP contribution in [0, 0.1) is 6.92 Å². The summed E-state index contributed by atoms with van der Waals surface area (Å²) in [6, 6.07) is 0. The molecule has 1 saturated heterocycles. The molecule has 1 aliphatic heterocycles. The molecular formula is C12H18ClN3O3. The number of nitrogens with zero attached hydrogens (tertiary/aromatic N) is 3. The summed E-state index contributed by atoms with van der Waals surface area (Å²) in [5.41, 5.74) is 1.33. The number of rotatable bonds is 4. The van der Waals surface area contributed by atoms with E-state index in [-0.39, 0.29) is 24.2 Å². The van der Waals surface area contributed by atoms with Crippen molar-refractivity contribution in [2.45, 2.75) is 13.3 Å². The molecule has 0 radical (unpaired) electrons. The quantitative estimate of drug-likeness (QED) is 0.863. The van der Waals surface area contributed by atoms with Crippen LogP contribution in [0.5, 0.6) is 0 Å². The molecule has 1 amide bonds. The second kappa shape index (κ2) is 6.36. The molecule has 19 heavy (non-hydrogen) atoms. The molecule has 0 spiro atoms. The van der Waals surface area contributed by atoms with Crippen LogP contribution in [0.3, 0.4) is 0 Å². The Morgan fingerprint density at radius 3 is 2.63 bits per heavy atom. The number of hydrogen-bond donors (Lipinski definition) is 1. The molecular weight excluding hydrogens is 270 g/mol. The van der Waals surface area contributed by atoms with Gasteiger partial charge < -0.3 is 14.5 Å². The Kier molecular flexibility index (Phi) is 4.79. The monoisotopic (exact) mass is 287 g/mol. The minimum Gasteiger partial charge on any atom is -0.395 e. The van der Waals surface area contributed by atoms with Gasteiger partial charge in [0.15, 0.2) is 0 Å². The molecule has 7 heteroatoms. The van der Waals surface area contributed by atoms with Crippen LogP contribution in [0.15, 0.2) is 4.52 Å². The van der Waals surface area contributed by atoms with Crippen molar-refractivity contribution in [3.63, 3.8) is 0 Å². The maximum Gasteiger partial charge on any atom is 0.229 e. The Hall–Kier alpha value is -1.11. The van der Waals surface area contributed by atoms with E-state index in [9.17, 15) is 4.79 Å². The number of aliphatic hydroxyl groups excluding tert-OH is 1. The average Bonchev–Trinajstić information content (AvgIpc) is 2.72. The Morgan fingerprint density at radius 1 is 1.42 bits per heavy atom. The molecule has 2 rings (SSSR count). The van der Waals surface area contributed by atoms with Crippen LogP contribution in [0.4, 0.5) is 0 Å². The van der Waals surface area contributed by atoms with Gasteiger partial charge in [-0.1, -0.05) is 5.16 Å². The van der Waals surface area contributed by atoms with Crippen LogP contribution in [0.25, 0.3) is 0 Å². The minimum atomic E-state index is 0.0387. The van der Waals surface area contributed by atoms with Gasteiger partial charge in [-0.15, -0.1) is 0 Å². The van der Waals surface area contributed by atoms with Crippen molar-refractivity contribution in [2.24, 2.45) is 0 Å². The second-order valence-corrected chi connectivity index (χ2v) is 4.99. The van der Waals surface area contributed by atoms with Crippen molar-refractivity contribution >= 4 is 17.5 Å². The van der Waals surface area contributed by atoms with E-state index in [0.717, 1.165) is 13.1 Å². The topological polar surface area (TPSA) is 69.8 Å². The van der Waals surface area contributed by atoms with Crippen molar-refractivity contribution in [1.29, 1.82) is 0 Å². The van der Waals surface area contributed by atoms with Crippen molar-refractivity contribution in [2.75, 3.05) is 39.3 Å². The SMILES string of the molecule is Cc1noc(Cl)c1CC(=O)N1CCN(CCO)CC1. The van der Waals surface area contributed by atoms with E-state index in [0.29, 0.717) is 30.9 Å². The number of hydrogen-bond acceptors (Lipinski definition) is 5. The summed E-state index contributed by atoms with van der Waals surface area (Å²) in [4.78, 5) is 16.1. The first-order valence-electron chi connectivity index (χ1n) is 6.33. The van der Waals surface area contributed by atoms with Gasteiger partial charge in [0.2, 0.25) is 11.1 Å². The number of β-amino-alcohol motifs (C(OH)–C–C–N with tert-alkyl or cyclic N) is 1. The van der Waals surface area contributed by atoms with Gasteiger partial charge in [-0.25, -0.2) is 0 Å². The summed E-state index contributed by atoms with van der Waals surface area (Å²) in [5, 5.41) is 12.8. The molecule has 6 nitrogen and oxygen atoms in total. The lowest BCUT2D eigenvalue weighted by molar-refractivity contribution is -0.132. The number of carbonyl (C=O) groups is 1. The van der Waals surface area contributed by atoms with Crippen LogP contribution >= 0.6 is 11.6 Å². The molecule has 1 aliphatic rings. The van der Waals surface area contributed by atoms with E-state index in [4.69, 9.17) is 21.2 Å². The Bertz CT molecular complexity index is 422. The molecule has 2 heterocycles. The normalized spacial score (nSPS) is 16.9. The highest BCUT2D eigenvalue weighted by atomic mass is 35.5. The third kappa shape index (κ3) is 3.46. The largest absolute Gasteiger partial charge is 0.395 e. The Balaban J connectivity index is 1.88. The highest BCUT2D eigenvalue weighted by Gasteiger charge is 2.23. The molecule has 1 N–H and O–H groups in total. The molecule has 1 aromatic heterocycles. The smallest absolute Gasteiger partial charge is 0.229 e. The van der Waals surface area contributed by atoms with Crippen molar-refractivity contribution < 1.29 is 14.4 Å². The van der Waals surface area contributed by atoms with E-state index in [1.54, 1.807) is 6.92 Å². The van der Waals surface area contributed by atoms with Crippen molar-refractivity contribution in [3.05, 3.63) is 16.5 Å². The fourth-order valence-electron chi connectivity index (χ4n) is 2.18. The number of carbonyl (C=O) groups excluding carboxylic acids is 1. The molecule has 1 fully saturated rings. The van der Waals surface area contributed by atoms with Crippen molar-refractivity contribution in [3.8, 4) is 0 Å². The zero-order valence-corrected chi connectivity index (χ0v) is 11.7. The second-order valence-electron chi connectivity index (χ2n) is 4.64. The number of aryl methyl sites for hydroxylation is 1. The number of amides is 1. The lowest BCUT2D eigenvalue weighted by atomic mass is 10.1. The first-order chi connectivity index (χ1) is 9.11. The molecule has 106 valence electrons. The summed E-state index contributed by atoms with van der Waals surface area (Å²) in [6.45, 7) is 5.55. The summed E-state index contributed by atoms with van der Waals surface area (Å²) >= 11 is 5.86. The first-order valence-corrected chi connectivity index (χ1v) is 6.71. The van der Waals surface area contributed by atoms with Crippen LogP contribution < -0.4 is 0 Å². The van der Waals surface area contributed by atoms with Gasteiger partial charge in [0.05, 0.1) is 18.7 Å². The number of piperazine rings is 1. The molecule has 0 atom stereocenters. The number of aromatic nitrogens is 1. The highest BCUT2D eigenvalue weighted by molar-refractivity contribution is 6.29. The summed E-state index contributed by atoms with van der Waals surface area (Å²) in [5.74, 6) is 0.0387. The number of halogens is 1. The predicted molar refractivity (Wildman–Crippen MR) is 70.1 cm³/mol. The maximum absolute atomic E-state index is 12.2. The highest BCUT2D eigenvalue weighted by Crippen LogP contribution is 2.20. The van der Waals surface area contributed by atoms with Gasteiger partial charge in [-0.3, -0.25) is 9.69 Å². The lowest BCUT2D eigenvalue weighted by Gasteiger charge is -2.34. The molecule has 0 aliphatic carbocycles. The van der Waals surface area contributed by atoms with Gasteiger partial charge in [-0.05, 0) is 18.5 Å². The van der Waals surface area contributed by atoms with Crippen LogP contribution in [-0.2, 0) is 11.2 Å². The van der Waals surface area contributed by atoms with E-state index >= 15 is 0 Å². The fraction of sp³-hybridized carbons (Fsp3) is 0.667. The summed E-state index contributed by atoms with van der Waals surface area (Å²) in [6.07, 6.45) is 0.230. The van der Waals surface area contributed by atoms with Crippen molar-refractivity contribution in [1.82, 2.24) is 15.0 Å². The molecule has 0 bridgehead atoms. The summed E-state index contributed by atoms with van der Waals surface area (Å²) in [7, 11) is 0. The zero-order chi connectivity index (χ0) is 13.8. The third-order valence-electron chi connectivity index (χ3n) is 3.41. The van der Waals surface area contributed by atoms with Gasteiger partial charge in [-0.2, -0.15) is 0 Å². The van der Waals surface area contributed by atoms with Crippen LogP contribution in [-0.4, -0.2) is 65.3 Å². The average molecular weight is 288 g/mol. The van der Waals surface area contributed by atoms with Gasteiger partial charge in [0.25, 0.3) is 0 Å². The molecule has 0 aromatic carbocycles. The van der Waals surface area contributed by atoms with Crippen LogP contribution in [0.1, 0.15) is 11.3 Å². The third-order valence-corrected chi connectivity index (χ3v) is 3.70. The lowest BCUT2D eigenvalue weighted by Crippen LogP contribution is -2.49. The minimum absolute atomic E-state index is 0.0387. The Morgan fingerprint density at radius 2 is 2.11 bits per heavy atom. The summed E-state index contributed by atoms with van der Waals surface area (Å²) < 4.78 is 4.84. The fourth-order valence-corrected chi connectivity index (χ4v) is 2.42. The standard InChI is InChI=1S/C12H18ClN3O3/c1-9-10(12(13)19-14-9)8-11(18)16-4-2-15(3-5-16)6-7-17/h17H,2-8H2,1H3. The van der Waals surface area contributed by atoms with Gasteiger partial charge >= 0.3 is 0 Å².